The van der Waals surface area contributed by atoms with Crippen LogP contribution in [0.1, 0.15) is 12.7 Å². The maximum Gasteiger partial charge on any atom is 0.239 e. The molecule has 0 radical (unpaired) electrons. The van der Waals surface area contributed by atoms with Crippen molar-refractivity contribution in [2.75, 3.05) is 10.6 Å². The van der Waals surface area contributed by atoms with E-state index in [-0.39, 0.29) is 17.4 Å². The van der Waals surface area contributed by atoms with Gasteiger partial charge in [-0.2, -0.15) is 15.0 Å². The van der Waals surface area contributed by atoms with Crippen molar-refractivity contribution in [3.05, 3.63) is 54.4 Å². The van der Waals surface area contributed by atoms with Gasteiger partial charge in [-0.1, -0.05) is 19.1 Å². The first-order valence-corrected chi connectivity index (χ1v) is 7.45. The largest absolute Gasteiger partial charge is 0.508 e. The van der Waals surface area contributed by atoms with Crippen LogP contribution in [0.25, 0.3) is 0 Å². The summed E-state index contributed by atoms with van der Waals surface area (Å²) in [5, 5.41) is 19.6. The first kappa shape index (κ1) is 15.5. The van der Waals surface area contributed by atoms with Crippen LogP contribution < -0.4 is 10.6 Å². The van der Waals surface area contributed by atoms with E-state index in [9.17, 15) is 10.2 Å². The topological polar surface area (TPSA) is 108 Å². The van der Waals surface area contributed by atoms with Gasteiger partial charge in [-0.05, 0) is 24.3 Å². The Bertz CT molecular complexity index is 824. The van der Waals surface area contributed by atoms with E-state index in [1.54, 1.807) is 53.4 Å². The molecule has 7 nitrogen and oxygen atoms in total. The molecule has 2 aromatic carbocycles. The van der Waals surface area contributed by atoms with Gasteiger partial charge < -0.3 is 15.9 Å². The average molecular weight is 323 g/mol. The molecular weight excluding hydrogens is 306 g/mol. The fourth-order valence-electron chi connectivity index (χ4n) is 2.33. The SMILES string of the molecule is CCc1nc(N)nc(N(c2cccc(O)c2)c2cccc(O)c2)n1. The predicted octanol–water partition coefficient (Wildman–Crippen LogP) is 2.90. The quantitative estimate of drug-likeness (QED) is 0.677. The Morgan fingerprint density at radius 2 is 1.50 bits per heavy atom. The Hall–Kier alpha value is -3.35. The number of phenols is 2. The first-order chi connectivity index (χ1) is 11.6. The summed E-state index contributed by atoms with van der Waals surface area (Å²) < 4.78 is 0. The molecule has 0 amide bonds. The second kappa shape index (κ2) is 6.41. The van der Waals surface area contributed by atoms with Crippen LogP contribution in [0.5, 0.6) is 11.5 Å². The Morgan fingerprint density at radius 3 is 2.00 bits per heavy atom. The van der Waals surface area contributed by atoms with Gasteiger partial charge in [-0.15, -0.1) is 0 Å². The van der Waals surface area contributed by atoms with Crippen LogP contribution in [0.4, 0.5) is 23.3 Å². The molecule has 7 heteroatoms. The molecule has 0 bridgehead atoms. The lowest BCUT2D eigenvalue weighted by molar-refractivity contribution is 0.475. The van der Waals surface area contributed by atoms with Gasteiger partial charge >= 0.3 is 0 Å². The average Bonchev–Trinajstić information content (AvgIpc) is 2.55. The minimum atomic E-state index is 0.107. The molecule has 24 heavy (non-hydrogen) atoms. The van der Waals surface area contributed by atoms with Crippen molar-refractivity contribution in [3.63, 3.8) is 0 Å². The summed E-state index contributed by atoms with van der Waals surface area (Å²) in [7, 11) is 0. The lowest BCUT2D eigenvalue weighted by Gasteiger charge is -2.23. The summed E-state index contributed by atoms with van der Waals surface area (Å²) in [5.41, 5.74) is 7.07. The van der Waals surface area contributed by atoms with Crippen LogP contribution in [0.3, 0.4) is 0 Å². The number of aromatic hydroxyl groups is 2. The highest BCUT2D eigenvalue weighted by Crippen LogP contribution is 2.35. The highest BCUT2D eigenvalue weighted by Gasteiger charge is 2.17. The van der Waals surface area contributed by atoms with Gasteiger partial charge in [0.25, 0.3) is 0 Å². The number of phenolic OH excluding ortho intramolecular Hbond substituents is 2. The van der Waals surface area contributed by atoms with E-state index >= 15 is 0 Å². The number of anilines is 4. The van der Waals surface area contributed by atoms with Crippen LogP contribution >= 0.6 is 0 Å². The van der Waals surface area contributed by atoms with Gasteiger partial charge in [0.1, 0.15) is 17.3 Å². The van der Waals surface area contributed by atoms with Crippen molar-refractivity contribution in [1.29, 1.82) is 0 Å². The highest BCUT2D eigenvalue weighted by atomic mass is 16.3. The maximum atomic E-state index is 9.81. The van der Waals surface area contributed by atoms with Crippen LogP contribution in [0.2, 0.25) is 0 Å². The number of hydrogen-bond acceptors (Lipinski definition) is 7. The summed E-state index contributed by atoms with van der Waals surface area (Å²) in [5.74, 6) is 1.20. The smallest absolute Gasteiger partial charge is 0.239 e. The number of benzene rings is 2. The molecule has 3 rings (SSSR count). The monoisotopic (exact) mass is 323 g/mol. The molecule has 0 fully saturated rings. The second-order valence-corrected chi connectivity index (χ2v) is 5.14. The second-order valence-electron chi connectivity index (χ2n) is 5.14. The minimum Gasteiger partial charge on any atom is -0.508 e. The molecule has 0 aliphatic carbocycles. The van der Waals surface area contributed by atoms with Gasteiger partial charge in [0.15, 0.2) is 0 Å². The molecule has 1 heterocycles. The molecule has 0 spiro atoms. The number of aryl methyl sites for hydroxylation is 1. The van der Waals surface area contributed by atoms with Gasteiger partial charge in [0.05, 0.1) is 11.4 Å². The number of nitrogens with two attached hydrogens (primary N) is 1. The lowest BCUT2D eigenvalue weighted by Crippen LogP contribution is -2.16. The van der Waals surface area contributed by atoms with Crippen LogP contribution in [0, 0.1) is 0 Å². The summed E-state index contributed by atoms with van der Waals surface area (Å²) in [6, 6.07) is 13.3. The van der Waals surface area contributed by atoms with Crippen molar-refractivity contribution >= 4 is 23.3 Å². The summed E-state index contributed by atoms with van der Waals surface area (Å²) in [6.45, 7) is 1.92. The van der Waals surface area contributed by atoms with E-state index in [1.165, 1.54) is 0 Å². The predicted molar refractivity (Wildman–Crippen MR) is 91.6 cm³/mol. The van der Waals surface area contributed by atoms with Gasteiger partial charge in [0.2, 0.25) is 11.9 Å². The van der Waals surface area contributed by atoms with E-state index in [0.717, 1.165) is 0 Å². The van der Waals surface area contributed by atoms with E-state index < -0.39 is 0 Å². The van der Waals surface area contributed by atoms with Crippen molar-refractivity contribution in [3.8, 4) is 11.5 Å². The molecule has 0 atom stereocenters. The molecule has 0 aliphatic heterocycles. The van der Waals surface area contributed by atoms with Gasteiger partial charge in [-0.25, -0.2) is 0 Å². The van der Waals surface area contributed by atoms with E-state index in [4.69, 9.17) is 5.73 Å². The fourth-order valence-corrected chi connectivity index (χ4v) is 2.33. The third-order valence-electron chi connectivity index (χ3n) is 3.38. The van der Waals surface area contributed by atoms with E-state index in [2.05, 4.69) is 15.0 Å². The van der Waals surface area contributed by atoms with Crippen molar-refractivity contribution < 1.29 is 10.2 Å². The number of nitrogens with zero attached hydrogens (tertiary/aromatic N) is 4. The first-order valence-electron chi connectivity index (χ1n) is 7.45. The van der Waals surface area contributed by atoms with Crippen molar-refractivity contribution in [2.24, 2.45) is 0 Å². The minimum absolute atomic E-state index is 0.107. The summed E-state index contributed by atoms with van der Waals surface area (Å²) in [6.07, 6.45) is 0.605. The molecule has 0 saturated heterocycles. The molecule has 0 aliphatic rings. The Balaban J connectivity index is 2.20. The number of nitrogen functional groups attached to an aromatic ring is 1. The van der Waals surface area contributed by atoms with E-state index in [0.29, 0.717) is 29.6 Å². The number of hydrogen-bond donors (Lipinski definition) is 3. The maximum absolute atomic E-state index is 9.81. The third-order valence-corrected chi connectivity index (χ3v) is 3.38. The molecular formula is C17H17N5O2. The third kappa shape index (κ3) is 3.19. The Labute approximate surface area is 139 Å². The zero-order valence-corrected chi connectivity index (χ0v) is 13.1. The van der Waals surface area contributed by atoms with Crippen LogP contribution in [-0.2, 0) is 6.42 Å². The fraction of sp³-hybridized carbons (Fsp3) is 0.118. The molecule has 1 aromatic heterocycles. The van der Waals surface area contributed by atoms with Crippen molar-refractivity contribution in [2.45, 2.75) is 13.3 Å². The number of aromatic nitrogens is 3. The van der Waals surface area contributed by atoms with Gasteiger partial charge in [-0.3, -0.25) is 4.90 Å². The zero-order chi connectivity index (χ0) is 17.1. The van der Waals surface area contributed by atoms with E-state index in [1.807, 2.05) is 6.92 Å². The number of rotatable bonds is 4. The van der Waals surface area contributed by atoms with Crippen molar-refractivity contribution in [1.82, 2.24) is 15.0 Å². The Morgan fingerprint density at radius 1 is 0.917 bits per heavy atom. The summed E-state index contributed by atoms with van der Waals surface area (Å²) >= 11 is 0. The van der Waals surface area contributed by atoms with Crippen LogP contribution in [0.15, 0.2) is 48.5 Å². The molecule has 122 valence electrons. The molecule has 4 N–H and O–H groups in total. The lowest BCUT2D eigenvalue weighted by atomic mass is 10.2. The highest BCUT2D eigenvalue weighted by molar-refractivity contribution is 5.74. The zero-order valence-electron chi connectivity index (χ0n) is 13.1. The van der Waals surface area contributed by atoms with Gasteiger partial charge in [0, 0.05) is 18.6 Å². The normalized spacial score (nSPS) is 10.5. The summed E-state index contributed by atoms with van der Waals surface area (Å²) in [4.78, 5) is 14.4. The molecule has 0 unspecified atom stereocenters. The molecule has 0 saturated carbocycles. The molecule has 3 aromatic rings. The Kier molecular flexibility index (Phi) is 4.15. The standard InChI is InChI=1S/C17H17N5O2/c1-2-15-19-16(18)21-17(20-15)22(11-5-3-7-13(23)9-11)12-6-4-8-14(24)10-12/h3-10,23-24H,2H2,1H3,(H2,18,19,20,21). The van der Waals surface area contributed by atoms with Crippen LogP contribution in [-0.4, -0.2) is 25.2 Å².